The molecule has 0 fully saturated rings. The summed E-state index contributed by atoms with van der Waals surface area (Å²) in [6.07, 6.45) is 1.56. The number of aromatic nitrogens is 3. The monoisotopic (exact) mass is 483 g/mol. The summed E-state index contributed by atoms with van der Waals surface area (Å²) in [5.74, 6) is -0.689. The highest BCUT2D eigenvalue weighted by atomic mass is 35.5. The Kier molecular flexibility index (Phi) is 6.26. The number of rotatable bonds is 5. The molecular weight excluding hydrogens is 465 g/mol. The van der Waals surface area contributed by atoms with E-state index >= 15 is 0 Å². The molecule has 3 aromatic heterocycles. The van der Waals surface area contributed by atoms with Crippen LogP contribution in [0.5, 0.6) is 0 Å². The minimum absolute atomic E-state index is 0.00941. The molecule has 168 valence electrons. The van der Waals surface area contributed by atoms with Crippen LogP contribution in [0.2, 0.25) is 5.02 Å². The van der Waals surface area contributed by atoms with Crippen molar-refractivity contribution >= 4 is 45.4 Å². The first-order chi connectivity index (χ1) is 15.7. The number of anilines is 2. The van der Waals surface area contributed by atoms with E-state index in [1.165, 1.54) is 6.07 Å². The van der Waals surface area contributed by atoms with E-state index in [2.05, 4.69) is 20.7 Å². The summed E-state index contributed by atoms with van der Waals surface area (Å²) >= 11 is 7.08. The topological polar surface area (TPSA) is 88.9 Å². The molecule has 0 atom stereocenters. The maximum atomic E-state index is 13.2. The van der Waals surface area contributed by atoms with Gasteiger partial charge in [-0.3, -0.25) is 9.59 Å². The fraction of sp³-hybridized carbons (Fsp3) is 0.130. The Morgan fingerprint density at radius 2 is 1.82 bits per heavy atom. The SMILES string of the molecule is Cc1cc(C)n(-c2ccc(NC(=O)c3sc(NC(=O)c4ccc(F)cc4Cl)cc3C)cn2)n1. The highest BCUT2D eigenvalue weighted by Gasteiger charge is 2.17. The average molecular weight is 484 g/mol. The van der Waals surface area contributed by atoms with Gasteiger partial charge in [-0.05, 0) is 68.8 Å². The lowest BCUT2D eigenvalue weighted by Gasteiger charge is -2.07. The lowest BCUT2D eigenvalue weighted by atomic mass is 10.2. The van der Waals surface area contributed by atoms with Gasteiger partial charge in [0.2, 0.25) is 0 Å². The van der Waals surface area contributed by atoms with E-state index in [0.29, 0.717) is 26.9 Å². The Labute approximate surface area is 198 Å². The molecule has 7 nitrogen and oxygen atoms in total. The summed E-state index contributed by atoms with van der Waals surface area (Å²) in [6.45, 7) is 5.62. The molecular formula is C23H19ClFN5O2S. The van der Waals surface area contributed by atoms with Crippen molar-refractivity contribution in [1.29, 1.82) is 0 Å². The van der Waals surface area contributed by atoms with Gasteiger partial charge in [0.05, 0.1) is 38.0 Å². The molecule has 10 heteroatoms. The van der Waals surface area contributed by atoms with Crippen molar-refractivity contribution in [3.8, 4) is 5.82 Å². The minimum Gasteiger partial charge on any atom is -0.320 e. The first-order valence-electron chi connectivity index (χ1n) is 9.89. The summed E-state index contributed by atoms with van der Waals surface area (Å²) in [6, 6.07) is 10.7. The number of amides is 2. The Hall–Kier alpha value is -3.56. The summed E-state index contributed by atoms with van der Waals surface area (Å²) in [5.41, 5.74) is 3.22. The zero-order chi connectivity index (χ0) is 23.7. The van der Waals surface area contributed by atoms with Crippen molar-refractivity contribution in [3.05, 3.63) is 86.9 Å². The van der Waals surface area contributed by atoms with Crippen LogP contribution in [-0.2, 0) is 0 Å². The number of aryl methyl sites for hydroxylation is 3. The van der Waals surface area contributed by atoms with Crippen LogP contribution in [0.15, 0.2) is 48.7 Å². The lowest BCUT2D eigenvalue weighted by Crippen LogP contribution is -2.12. The van der Waals surface area contributed by atoms with Gasteiger partial charge in [0.1, 0.15) is 5.82 Å². The molecule has 2 N–H and O–H groups in total. The minimum atomic E-state index is -0.528. The van der Waals surface area contributed by atoms with E-state index in [4.69, 9.17) is 11.6 Å². The van der Waals surface area contributed by atoms with Crippen LogP contribution in [0.3, 0.4) is 0 Å². The molecule has 0 aliphatic rings. The number of hydrogen-bond acceptors (Lipinski definition) is 5. The molecule has 4 aromatic rings. The van der Waals surface area contributed by atoms with Gasteiger partial charge in [-0.25, -0.2) is 14.1 Å². The van der Waals surface area contributed by atoms with Gasteiger partial charge < -0.3 is 10.6 Å². The second-order valence-electron chi connectivity index (χ2n) is 7.40. The lowest BCUT2D eigenvalue weighted by molar-refractivity contribution is 0.102. The van der Waals surface area contributed by atoms with Crippen LogP contribution in [0.4, 0.5) is 15.1 Å². The van der Waals surface area contributed by atoms with E-state index in [1.54, 1.807) is 36.0 Å². The molecule has 2 amide bonds. The van der Waals surface area contributed by atoms with Crippen LogP contribution in [0, 0.1) is 26.6 Å². The van der Waals surface area contributed by atoms with Crippen LogP contribution < -0.4 is 10.6 Å². The molecule has 0 spiro atoms. The quantitative estimate of drug-likeness (QED) is 0.389. The van der Waals surface area contributed by atoms with E-state index < -0.39 is 11.7 Å². The van der Waals surface area contributed by atoms with Crippen LogP contribution in [-0.4, -0.2) is 26.6 Å². The van der Waals surface area contributed by atoms with E-state index in [1.807, 2.05) is 19.9 Å². The van der Waals surface area contributed by atoms with E-state index in [0.717, 1.165) is 34.9 Å². The van der Waals surface area contributed by atoms with Gasteiger partial charge in [-0.1, -0.05) is 11.6 Å². The normalized spacial score (nSPS) is 10.8. The molecule has 0 saturated heterocycles. The molecule has 33 heavy (non-hydrogen) atoms. The van der Waals surface area contributed by atoms with Crippen molar-refractivity contribution in [2.75, 3.05) is 10.6 Å². The number of benzene rings is 1. The maximum absolute atomic E-state index is 13.2. The van der Waals surface area contributed by atoms with Crippen molar-refractivity contribution in [3.63, 3.8) is 0 Å². The second-order valence-corrected chi connectivity index (χ2v) is 8.86. The number of halogens is 2. The Morgan fingerprint density at radius 1 is 1.03 bits per heavy atom. The van der Waals surface area contributed by atoms with Crippen LogP contribution in [0.1, 0.15) is 37.0 Å². The fourth-order valence-corrected chi connectivity index (χ4v) is 4.47. The van der Waals surface area contributed by atoms with Gasteiger partial charge in [0.15, 0.2) is 5.82 Å². The zero-order valence-corrected chi connectivity index (χ0v) is 19.5. The molecule has 0 unspecified atom stereocenters. The molecule has 3 heterocycles. The van der Waals surface area contributed by atoms with Crippen molar-refractivity contribution in [2.24, 2.45) is 0 Å². The van der Waals surface area contributed by atoms with Crippen LogP contribution >= 0.6 is 22.9 Å². The van der Waals surface area contributed by atoms with Gasteiger partial charge in [-0.15, -0.1) is 11.3 Å². The van der Waals surface area contributed by atoms with E-state index in [-0.39, 0.29) is 16.5 Å². The number of hydrogen-bond donors (Lipinski definition) is 2. The Balaban J connectivity index is 1.46. The highest BCUT2D eigenvalue weighted by molar-refractivity contribution is 7.18. The van der Waals surface area contributed by atoms with Gasteiger partial charge in [0.25, 0.3) is 11.8 Å². The number of carbonyl (C=O) groups is 2. The predicted octanol–water partition coefficient (Wildman–Crippen LogP) is 5.55. The second kappa shape index (κ2) is 9.13. The third kappa shape index (κ3) is 4.94. The van der Waals surface area contributed by atoms with Crippen molar-refractivity contribution in [2.45, 2.75) is 20.8 Å². The van der Waals surface area contributed by atoms with Crippen molar-refractivity contribution in [1.82, 2.24) is 14.8 Å². The van der Waals surface area contributed by atoms with Gasteiger partial charge >= 0.3 is 0 Å². The summed E-state index contributed by atoms with van der Waals surface area (Å²) < 4.78 is 15.0. The standard InChI is InChI=1S/C23H19ClFN5O2S/c1-12-8-20(28-22(31)17-6-4-15(25)10-18(17)24)33-21(12)23(32)27-16-5-7-19(26-11-16)30-14(3)9-13(2)29-30/h4-11H,1-3H3,(H,27,32)(H,28,31). The molecule has 0 saturated carbocycles. The number of carbonyl (C=O) groups excluding carboxylic acids is 2. The summed E-state index contributed by atoms with van der Waals surface area (Å²) in [7, 11) is 0. The Bertz CT molecular complexity index is 1360. The largest absolute Gasteiger partial charge is 0.320 e. The third-order valence-electron chi connectivity index (χ3n) is 4.77. The number of nitrogens with zero attached hydrogens (tertiary/aromatic N) is 3. The maximum Gasteiger partial charge on any atom is 0.266 e. The first kappa shape index (κ1) is 22.6. The molecule has 0 aliphatic carbocycles. The third-order valence-corrected chi connectivity index (χ3v) is 6.23. The van der Waals surface area contributed by atoms with Crippen molar-refractivity contribution < 1.29 is 14.0 Å². The van der Waals surface area contributed by atoms with E-state index in [9.17, 15) is 14.0 Å². The molecule has 0 bridgehead atoms. The Morgan fingerprint density at radius 3 is 2.45 bits per heavy atom. The van der Waals surface area contributed by atoms with Gasteiger partial charge in [-0.2, -0.15) is 5.10 Å². The number of nitrogens with one attached hydrogen (secondary N) is 2. The summed E-state index contributed by atoms with van der Waals surface area (Å²) in [5, 5.41) is 10.4. The molecule has 0 radical (unpaired) electrons. The van der Waals surface area contributed by atoms with Crippen LogP contribution in [0.25, 0.3) is 5.82 Å². The van der Waals surface area contributed by atoms with Gasteiger partial charge in [0, 0.05) is 5.69 Å². The molecule has 0 aliphatic heterocycles. The zero-order valence-electron chi connectivity index (χ0n) is 17.9. The number of pyridine rings is 1. The smallest absolute Gasteiger partial charge is 0.266 e. The molecule has 1 aromatic carbocycles. The molecule has 4 rings (SSSR count). The summed E-state index contributed by atoms with van der Waals surface area (Å²) in [4.78, 5) is 30.1. The fourth-order valence-electron chi connectivity index (χ4n) is 3.26. The predicted molar refractivity (Wildman–Crippen MR) is 127 cm³/mol. The first-order valence-corrected chi connectivity index (χ1v) is 11.1. The number of thiophene rings is 1. The average Bonchev–Trinajstić information content (AvgIpc) is 3.29. The highest BCUT2D eigenvalue weighted by Crippen LogP contribution is 2.29.